The monoisotopic (exact) mass is 260 g/mol. The van der Waals surface area contributed by atoms with Crippen LogP contribution in [0, 0.1) is 0 Å². The van der Waals surface area contributed by atoms with Gasteiger partial charge >= 0.3 is 0 Å². The molecule has 1 aliphatic rings. The third kappa shape index (κ3) is 1.84. The standard InChI is InChI=1S/C10H10BrClO/c11-9-4-7-2-1-3-13-10(7)8(5-9)6-12/h4-5H,1-3,6H2. The molecule has 3 heteroatoms. The third-order valence-corrected chi connectivity index (χ3v) is 2.93. The minimum absolute atomic E-state index is 0.516. The first-order chi connectivity index (χ1) is 6.31. The van der Waals surface area contributed by atoms with Crippen LogP contribution in [0.2, 0.25) is 0 Å². The van der Waals surface area contributed by atoms with E-state index in [1.165, 1.54) is 5.56 Å². The van der Waals surface area contributed by atoms with E-state index in [1.807, 2.05) is 6.07 Å². The number of hydrogen-bond acceptors (Lipinski definition) is 1. The lowest BCUT2D eigenvalue weighted by atomic mass is 10.0. The van der Waals surface area contributed by atoms with Crippen LogP contribution in [0.4, 0.5) is 0 Å². The number of halogens is 2. The molecule has 0 atom stereocenters. The SMILES string of the molecule is ClCc1cc(Br)cc2c1OCCC2. The predicted octanol–water partition coefficient (Wildman–Crippen LogP) is 3.51. The van der Waals surface area contributed by atoms with E-state index in [4.69, 9.17) is 16.3 Å². The van der Waals surface area contributed by atoms with E-state index in [2.05, 4.69) is 22.0 Å². The topological polar surface area (TPSA) is 9.23 Å². The Morgan fingerprint density at radius 1 is 1.46 bits per heavy atom. The van der Waals surface area contributed by atoms with Crippen LogP contribution in [0.3, 0.4) is 0 Å². The number of ether oxygens (including phenoxy) is 1. The fourth-order valence-electron chi connectivity index (χ4n) is 1.62. The van der Waals surface area contributed by atoms with Crippen LogP contribution in [-0.4, -0.2) is 6.61 Å². The van der Waals surface area contributed by atoms with Crippen molar-refractivity contribution in [2.45, 2.75) is 18.7 Å². The molecule has 0 fully saturated rings. The molecule has 1 aromatic carbocycles. The highest BCUT2D eigenvalue weighted by Gasteiger charge is 2.14. The number of alkyl halides is 1. The van der Waals surface area contributed by atoms with Gasteiger partial charge in [-0.05, 0) is 30.5 Å². The quantitative estimate of drug-likeness (QED) is 0.703. The van der Waals surface area contributed by atoms with Crippen molar-refractivity contribution in [3.05, 3.63) is 27.7 Å². The van der Waals surface area contributed by atoms with E-state index in [9.17, 15) is 0 Å². The highest BCUT2D eigenvalue weighted by Crippen LogP contribution is 2.33. The molecule has 13 heavy (non-hydrogen) atoms. The van der Waals surface area contributed by atoms with Gasteiger partial charge in [0.25, 0.3) is 0 Å². The molecule has 1 heterocycles. The van der Waals surface area contributed by atoms with Crippen molar-refractivity contribution in [3.8, 4) is 5.75 Å². The smallest absolute Gasteiger partial charge is 0.126 e. The first kappa shape index (κ1) is 9.35. The average molecular weight is 262 g/mol. The van der Waals surface area contributed by atoms with Gasteiger partial charge in [0.2, 0.25) is 0 Å². The maximum Gasteiger partial charge on any atom is 0.126 e. The van der Waals surface area contributed by atoms with Crippen LogP contribution >= 0.6 is 27.5 Å². The van der Waals surface area contributed by atoms with Crippen molar-refractivity contribution in [3.63, 3.8) is 0 Å². The summed E-state index contributed by atoms with van der Waals surface area (Å²) in [5.41, 5.74) is 2.36. The summed E-state index contributed by atoms with van der Waals surface area (Å²) in [5.74, 6) is 1.52. The van der Waals surface area contributed by atoms with Crippen molar-refractivity contribution < 1.29 is 4.74 Å². The molecular weight excluding hydrogens is 251 g/mol. The Morgan fingerprint density at radius 2 is 2.31 bits per heavy atom. The van der Waals surface area contributed by atoms with Gasteiger partial charge < -0.3 is 4.74 Å². The first-order valence-corrected chi connectivity index (χ1v) is 5.64. The lowest BCUT2D eigenvalue weighted by Gasteiger charge is -2.20. The zero-order chi connectivity index (χ0) is 9.26. The molecule has 70 valence electrons. The molecule has 0 saturated carbocycles. The molecule has 0 aliphatic carbocycles. The number of aryl methyl sites for hydroxylation is 1. The van der Waals surface area contributed by atoms with E-state index in [0.29, 0.717) is 5.88 Å². The third-order valence-electron chi connectivity index (χ3n) is 2.19. The van der Waals surface area contributed by atoms with Crippen LogP contribution in [0.1, 0.15) is 17.5 Å². The van der Waals surface area contributed by atoms with Gasteiger partial charge in [-0.15, -0.1) is 11.6 Å². The molecule has 0 aromatic heterocycles. The molecule has 0 unspecified atom stereocenters. The minimum atomic E-state index is 0.516. The second-order valence-corrected chi connectivity index (χ2v) is 4.32. The van der Waals surface area contributed by atoms with E-state index in [1.54, 1.807) is 0 Å². The second kappa shape index (κ2) is 3.89. The summed E-state index contributed by atoms with van der Waals surface area (Å²) in [7, 11) is 0. The maximum atomic E-state index is 5.84. The van der Waals surface area contributed by atoms with Gasteiger partial charge in [-0.2, -0.15) is 0 Å². The van der Waals surface area contributed by atoms with E-state index in [-0.39, 0.29) is 0 Å². The maximum absolute atomic E-state index is 5.84. The Kier molecular flexibility index (Phi) is 2.80. The zero-order valence-corrected chi connectivity index (χ0v) is 9.49. The Morgan fingerprint density at radius 3 is 3.08 bits per heavy atom. The minimum Gasteiger partial charge on any atom is -0.493 e. The number of benzene rings is 1. The Bertz CT molecular complexity index is 308. The number of fused-ring (bicyclic) bond motifs is 1. The Labute approximate surface area is 91.2 Å². The highest BCUT2D eigenvalue weighted by molar-refractivity contribution is 9.10. The summed E-state index contributed by atoms with van der Waals surface area (Å²) in [6, 6.07) is 4.14. The molecule has 0 saturated heterocycles. The van der Waals surface area contributed by atoms with Gasteiger partial charge in [-0.1, -0.05) is 15.9 Å². The molecule has 1 nitrogen and oxygen atoms in total. The van der Waals surface area contributed by atoms with Gasteiger partial charge in [0, 0.05) is 10.0 Å². The first-order valence-electron chi connectivity index (χ1n) is 4.31. The van der Waals surface area contributed by atoms with E-state index < -0.39 is 0 Å². The highest BCUT2D eigenvalue weighted by atomic mass is 79.9. The van der Waals surface area contributed by atoms with Crippen LogP contribution < -0.4 is 4.74 Å². The second-order valence-electron chi connectivity index (χ2n) is 3.14. The molecule has 0 radical (unpaired) electrons. The summed E-state index contributed by atoms with van der Waals surface area (Å²) < 4.78 is 6.69. The van der Waals surface area contributed by atoms with E-state index in [0.717, 1.165) is 35.2 Å². The van der Waals surface area contributed by atoms with E-state index >= 15 is 0 Å². The molecule has 0 bridgehead atoms. The number of rotatable bonds is 1. The molecule has 0 N–H and O–H groups in total. The van der Waals surface area contributed by atoms with Gasteiger partial charge in [-0.3, -0.25) is 0 Å². The summed E-state index contributed by atoms with van der Waals surface area (Å²) in [4.78, 5) is 0. The van der Waals surface area contributed by atoms with Crippen molar-refractivity contribution >= 4 is 27.5 Å². The van der Waals surface area contributed by atoms with Gasteiger partial charge in [0.05, 0.1) is 12.5 Å². The largest absolute Gasteiger partial charge is 0.493 e. The summed E-state index contributed by atoms with van der Waals surface area (Å²) >= 11 is 9.30. The summed E-state index contributed by atoms with van der Waals surface area (Å²) in [5, 5.41) is 0. The Hall–Kier alpha value is -0.210. The fraction of sp³-hybridized carbons (Fsp3) is 0.400. The van der Waals surface area contributed by atoms with Crippen LogP contribution in [0.5, 0.6) is 5.75 Å². The van der Waals surface area contributed by atoms with Crippen molar-refractivity contribution in [2.75, 3.05) is 6.61 Å². The van der Waals surface area contributed by atoms with Gasteiger partial charge in [-0.25, -0.2) is 0 Å². The molecule has 2 rings (SSSR count). The molecule has 1 aliphatic heterocycles. The van der Waals surface area contributed by atoms with Crippen LogP contribution in [-0.2, 0) is 12.3 Å². The predicted molar refractivity (Wildman–Crippen MR) is 57.5 cm³/mol. The van der Waals surface area contributed by atoms with Gasteiger partial charge in [0.1, 0.15) is 5.75 Å². The Balaban J connectivity index is 2.50. The van der Waals surface area contributed by atoms with Crippen LogP contribution in [0.25, 0.3) is 0 Å². The van der Waals surface area contributed by atoms with Gasteiger partial charge in [0.15, 0.2) is 0 Å². The summed E-state index contributed by atoms with van der Waals surface area (Å²) in [6.07, 6.45) is 2.20. The average Bonchev–Trinajstić information content (AvgIpc) is 2.16. The normalized spacial score (nSPS) is 14.9. The number of hydrogen-bond donors (Lipinski definition) is 0. The lowest BCUT2D eigenvalue weighted by Crippen LogP contribution is -2.10. The molecule has 0 amide bonds. The molecule has 0 spiro atoms. The van der Waals surface area contributed by atoms with Crippen molar-refractivity contribution in [1.29, 1.82) is 0 Å². The molecular formula is C10H10BrClO. The fourth-order valence-corrected chi connectivity index (χ4v) is 2.37. The van der Waals surface area contributed by atoms with Crippen molar-refractivity contribution in [2.24, 2.45) is 0 Å². The molecule has 1 aromatic rings. The summed E-state index contributed by atoms with van der Waals surface area (Å²) in [6.45, 7) is 0.818. The van der Waals surface area contributed by atoms with Crippen molar-refractivity contribution in [1.82, 2.24) is 0 Å². The lowest BCUT2D eigenvalue weighted by molar-refractivity contribution is 0.286. The van der Waals surface area contributed by atoms with Crippen LogP contribution in [0.15, 0.2) is 16.6 Å². The zero-order valence-electron chi connectivity index (χ0n) is 7.15.